The number of hydrogen-bond donors (Lipinski definition) is 1. The zero-order valence-corrected chi connectivity index (χ0v) is 13.0. The third-order valence-electron chi connectivity index (χ3n) is 5.12. The highest BCUT2D eigenvalue weighted by molar-refractivity contribution is 7.92. The van der Waals surface area contributed by atoms with Crippen LogP contribution in [0.25, 0.3) is 11.0 Å². The minimum Gasteiger partial charge on any atom is -0.385 e. The van der Waals surface area contributed by atoms with E-state index in [1.807, 2.05) is 18.2 Å². The minimum atomic E-state index is -3.08. The van der Waals surface area contributed by atoms with Crippen LogP contribution in [0, 0.1) is 0 Å². The van der Waals surface area contributed by atoms with E-state index in [1.165, 1.54) is 0 Å². The molecule has 5 nitrogen and oxygen atoms in total. The van der Waals surface area contributed by atoms with Crippen molar-refractivity contribution in [1.29, 1.82) is 0 Å². The van der Waals surface area contributed by atoms with Crippen LogP contribution in [0.2, 0.25) is 0 Å². The number of benzene rings is 1. The van der Waals surface area contributed by atoms with Crippen molar-refractivity contribution in [1.82, 2.24) is 9.97 Å². The number of hydrogen-bond acceptors (Lipinski definition) is 5. The molecule has 0 amide bonds. The Hall–Kier alpha value is -1.53. The molecule has 2 unspecified atom stereocenters. The SMILES string of the molecule is O=S1(=O)C2CCCC1CC(O)(c1ccc3nccnc3c1)C2. The number of aromatic nitrogens is 2. The van der Waals surface area contributed by atoms with E-state index in [1.54, 1.807) is 12.4 Å². The fourth-order valence-corrected chi connectivity index (χ4v) is 6.49. The molecule has 0 spiro atoms. The van der Waals surface area contributed by atoms with Crippen LogP contribution >= 0.6 is 0 Å². The first-order valence-corrected chi connectivity index (χ1v) is 9.26. The van der Waals surface area contributed by atoms with Gasteiger partial charge in [-0.25, -0.2) is 8.42 Å². The summed E-state index contributed by atoms with van der Waals surface area (Å²) >= 11 is 0. The van der Waals surface area contributed by atoms with E-state index in [0.29, 0.717) is 12.8 Å². The Morgan fingerprint density at radius 1 is 1.05 bits per heavy atom. The maximum absolute atomic E-state index is 12.4. The molecule has 0 radical (unpaired) electrons. The highest BCUT2D eigenvalue weighted by atomic mass is 32.2. The normalized spacial score (nSPS) is 33.7. The van der Waals surface area contributed by atoms with Crippen molar-refractivity contribution in [2.75, 3.05) is 0 Å². The van der Waals surface area contributed by atoms with E-state index in [-0.39, 0.29) is 12.8 Å². The van der Waals surface area contributed by atoms with E-state index in [2.05, 4.69) is 9.97 Å². The fraction of sp³-hybridized carbons (Fsp3) is 0.500. The van der Waals surface area contributed by atoms with Crippen LogP contribution in [0.3, 0.4) is 0 Å². The van der Waals surface area contributed by atoms with E-state index >= 15 is 0 Å². The molecule has 3 heterocycles. The number of nitrogens with zero attached hydrogens (tertiary/aromatic N) is 2. The van der Waals surface area contributed by atoms with Gasteiger partial charge in [0.1, 0.15) is 0 Å². The Kier molecular flexibility index (Phi) is 3.03. The topological polar surface area (TPSA) is 80.2 Å². The zero-order chi connectivity index (χ0) is 15.4. The Morgan fingerprint density at radius 2 is 1.68 bits per heavy atom. The highest BCUT2D eigenvalue weighted by Crippen LogP contribution is 2.46. The largest absolute Gasteiger partial charge is 0.385 e. The fourth-order valence-electron chi connectivity index (χ4n) is 3.94. The molecular formula is C16H18N2O3S. The van der Waals surface area contributed by atoms with Gasteiger partial charge in [-0.3, -0.25) is 9.97 Å². The minimum absolute atomic E-state index is 0.289. The lowest BCUT2D eigenvalue weighted by Gasteiger charge is -2.44. The maximum Gasteiger partial charge on any atom is 0.156 e. The molecule has 0 aliphatic carbocycles. The quantitative estimate of drug-likeness (QED) is 0.869. The van der Waals surface area contributed by atoms with Gasteiger partial charge in [0.15, 0.2) is 9.84 Å². The second-order valence-corrected chi connectivity index (χ2v) is 8.97. The third-order valence-corrected chi connectivity index (χ3v) is 7.78. The second kappa shape index (κ2) is 4.73. The summed E-state index contributed by atoms with van der Waals surface area (Å²) in [5.41, 5.74) is 1.19. The van der Waals surface area contributed by atoms with Crippen molar-refractivity contribution in [3.05, 3.63) is 36.2 Å². The van der Waals surface area contributed by atoms with E-state index in [9.17, 15) is 13.5 Å². The highest BCUT2D eigenvalue weighted by Gasteiger charge is 2.50. The van der Waals surface area contributed by atoms with Gasteiger partial charge in [0, 0.05) is 12.4 Å². The first-order valence-electron chi connectivity index (χ1n) is 7.65. The molecule has 1 N–H and O–H groups in total. The van der Waals surface area contributed by atoms with E-state index < -0.39 is 25.9 Å². The number of fused-ring (bicyclic) bond motifs is 3. The summed E-state index contributed by atoms with van der Waals surface area (Å²) in [4.78, 5) is 8.51. The van der Waals surface area contributed by atoms with Crippen LogP contribution in [-0.2, 0) is 15.4 Å². The number of rotatable bonds is 1. The van der Waals surface area contributed by atoms with Crippen LogP contribution in [-0.4, -0.2) is 34.0 Å². The summed E-state index contributed by atoms with van der Waals surface area (Å²) in [6, 6.07) is 5.54. The van der Waals surface area contributed by atoms with Gasteiger partial charge in [-0.15, -0.1) is 0 Å². The molecular weight excluding hydrogens is 300 g/mol. The molecule has 2 aliphatic rings. The van der Waals surface area contributed by atoms with Crippen molar-refractivity contribution in [2.45, 2.75) is 48.2 Å². The molecule has 2 fully saturated rings. The Morgan fingerprint density at radius 3 is 2.36 bits per heavy atom. The van der Waals surface area contributed by atoms with E-state index in [4.69, 9.17) is 0 Å². The van der Waals surface area contributed by atoms with Crippen LogP contribution in [0.5, 0.6) is 0 Å². The van der Waals surface area contributed by atoms with Crippen molar-refractivity contribution in [2.24, 2.45) is 0 Å². The standard InChI is InChI=1S/C16H18N2O3S/c19-16(9-12-2-1-3-13(10-16)22(12,20)21)11-4-5-14-15(8-11)18-7-6-17-14/h4-8,12-13,19H,1-3,9-10H2. The lowest BCUT2D eigenvalue weighted by atomic mass is 9.80. The Bertz CT molecular complexity index is 814. The predicted molar refractivity (Wildman–Crippen MR) is 83.0 cm³/mol. The maximum atomic E-state index is 12.4. The molecule has 2 saturated heterocycles. The zero-order valence-electron chi connectivity index (χ0n) is 12.1. The lowest BCUT2D eigenvalue weighted by Crippen LogP contribution is -2.50. The predicted octanol–water partition coefficient (Wildman–Crippen LogP) is 1.95. The van der Waals surface area contributed by atoms with Gasteiger partial charge in [0.25, 0.3) is 0 Å². The molecule has 2 aliphatic heterocycles. The second-order valence-electron chi connectivity index (χ2n) is 6.46. The van der Waals surface area contributed by atoms with Gasteiger partial charge < -0.3 is 5.11 Å². The molecule has 22 heavy (non-hydrogen) atoms. The van der Waals surface area contributed by atoms with Crippen molar-refractivity contribution in [3.8, 4) is 0 Å². The van der Waals surface area contributed by atoms with Crippen LogP contribution in [0.4, 0.5) is 0 Å². The molecule has 6 heteroatoms. The molecule has 2 bridgehead atoms. The smallest absolute Gasteiger partial charge is 0.156 e. The first-order chi connectivity index (χ1) is 10.5. The summed E-state index contributed by atoms with van der Waals surface area (Å²) in [5, 5.41) is 10.3. The first kappa shape index (κ1) is 14.1. The summed E-state index contributed by atoms with van der Waals surface area (Å²) in [6.07, 6.45) is 6.09. The molecule has 4 rings (SSSR count). The Balaban J connectivity index is 1.77. The van der Waals surface area contributed by atoms with Crippen molar-refractivity contribution < 1.29 is 13.5 Å². The average molecular weight is 318 g/mol. The molecule has 116 valence electrons. The molecule has 2 aromatic rings. The summed E-state index contributed by atoms with van der Waals surface area (Å²) in [5.74, 6) is 0. The van der Waals surface area contributed by atoms with Crippen LogP contribution in [0.1, 0.15) is 37.7 Å². The van der Waals surface area contributed by atoms with Crippen LogP contribution < -0.4 is 0 Å². The van der Waals surface area contributed by atoms with E-state index in [0.717, 1.165) is 23.0 Å². The monoisotopic (exact) mass is 318 g/mol. The molecule has 0 saturated carbocycles. The molecule has 2 atom stereocenters. The summed E-state index contributed by atoms with van der Waals surface area (Å²) in [7, 11) is -3.08. The van der Waals surface area contributed by atoms with Crippen LogP contribution in [0.15, 0.2) is 30.6 Å². The summed E-state index contributed by atoms with van der Waals surface area (Å²) in [6.45, 7) is 0. The molecule has 1 aromatic carbocycles. The number of aliphatic hydroxyl groups is 1. The van der Waals surface area contributed by atoms with Gasteiger partial charge in [-0.1, -0.05) is 12.5 Å². The van der Waals surface area contributed by atoms with Gasteiger partial charge in [0.05, 0.1) is 27.1 Å². The Labute approximate surface area is 129 Å². The van der Waals surface area contributed by atoms with Gasteiger partial charge in [0.2, 0.25) is 0 Å². The van der Waals surface area contributed by atoms with Gasteiger partial charge in [-0.05, 0) is 43.4 Å². The average Bonchev–Trinajstić information content (AvgIpc) is 2.48. The van der Waals surface area contributed by atoms with Gasteiger partial charge >= 0.3 is 0 Å². The molecule has 1 aromatic heterocycles. The van der Waals surface area contributed by atoms with Crippen molar-refractivity contribution >= 4 is 20.9 Å². The van der Waals surface area contributed by atoms with Crippen molar-refractivity contribution in [3.63, 3.8) is 0 Å². The van der Waals surface area contributed by atoms with Gasteiger partial charge in [-0.2, -0.15) is 0 Å². The third kappa shape index (κ3) is 2.05. The summed E-state index contributed by atoms with van der Waals surface area (Å²) < 4.78 is 24.8. The number of sulfone groups is 1. The lowest BCUT2D eigenvalue weighted by molar-refractivity contribution is 0.00511.